The van der Waals surface area contributed by atoms with E-state index in [1.165, 1.54) is 6.07 Å². The molecule has 1 atom stereocenters. The number of hydrogen-bond acceptors (Lipinski definition) is 8. The van der Waals surface area contributed by atoms with Gasteiger partial charge in [-0.15, -0.1) is 0 Å². The van der Waals surface area contributed by atoms with Crippen LogP contribution >= 0.6 is 0 Å². The molecule has 2 aromatic heterocycles. The summed E-state index contributed by atoms with van der Waals surface area (Å²) in [6, 6.07) is 3.41. The number of nitrogens with one attached hydrogen (secondary N) is 2. The first-order valence-electron chi connectivity index (χ1n) is 9.46. The molecule has 0 aromatic carbocycles. The molecule has 3 heterocycles. The molecule has 11 nitrogen and oxygen atoms in total. The van der Waals surface area contributed by atoms with E-state index < -0.39 is 30.7 Å². The average Bonchev–Trinajstić information content (AvgIpc) is 3.43. The SMILES string of the molecule is CN[C@@H]1CCN(c2cc(-c3cc(C(F)F)n[nH]3)nc(N)n2)C1.O=C(O)C(F)(F)F.O=C(O)C(F)(F)F. The Balaban J connectivity index is 0.000000383. The summed E-state index contributed by atoms with van der Waals surface area (Å²) in [5.41, 5.74) is 6.29. The van der Waals surface area contributed by atoms with E-state index in [1.54, 1.807) is 6.07 Å². The quantitative estimate of drug-likeness (QED) is 0.365. The summed E-state index contributed by atoms with van der Waals surface area (Å²) in [6.45, 7) is 1.67. The zero-order chi connectivity index (χ0) is 27.8. The number of aliphatic carboxylic acids is 2. The van der Waals surface area contributed by atoms with Gasteiger partial charge in [0.05, 0.1) is 11.4 Å². The number of hydrogen-bond donors (Lipinski definition) is 5. The summed E-state index contributed by atoms with van der Waals surface area (Å²) in [5, 5.41) is 23.6. The van der Waals surface area contributed by atoms with Gasteiger partial charge in [0.2, 0.25) is 5.95 Å². The number of rotatable bonds is 4. The molecule has 1 aliphatic rings. The van der Waals surface area contributed by atoms with Crippen LogP contribution in [0.3, 0.4) is 0 Å². The van der Waals surface area contributed by atoms with Crippen LogP contribution in [0, 0.1) is 0 Å². The van der Waals surface area contributed by atoms with Crippen LogP contribution < -0.4 is 16.0 Å². The summed E-state index contributed by atoms with van der Waals surface area (Å²) >= 11 is 0. The van der Waals surface area contributed by atoms with E-state index in [4.69, 9.17) is 25.5 Å². The predicted octanol–water partition coefficient (Wildman–Crippen LogP) is 2.45. The van der Waals surface area contributed by atoms with Crippen molar-refractivity contribution in [3.05, 3.63) is 17.8 Å². The van der Waals surface area contributed by atoms with Crippen LogP contribution in [0.5, 0.6) is 0 Å². The molecular weight excluding hydrogens is 518 g/mol. The van der Waals surface area contributed by atoms with Crippen molar-refractivity contribution in [3.8, 4) is 11.4 Å². The van der Waals surface area contributed by atoms with Crippen molar-refractivity contribution in [2.24, 2.45) is 0 Å². The third-order valence-electron chi connectivity index (χ3n) is 4.23. The van der Waals surface area contributed by atoms with E-state index in [1.807, 2.05) is 7.05 Å². The Morgan fingerprint density at radius 1 is 1.11 bits per heavy atom. The Labute approximate surface area is 196 Å². The number of carboxylic acid groups (broad SMARTS) is 2. The minimum absolute atomic E-state index is 0.105. The van der Waals surface area contributed by atoms with Gasteiger partial charge >= 0.3 is 24.3 Å². The third-order valence-corrected chi connectivity index (χ3v) is 4.23. The highest BCUT2D eigenvalue weighted by atomic mass is 19.4. The lowest BCUT2D eigenvalue weighted by Crippen LogP contribution is -2.30. The lowest BCUT2D eigenvalue weighted by atomic mass is 10.2. The minimum atomic E-state index is -5.08. The monoisotopic (exact) mass is 537 g/mol. The van der Waals surface area contributed by atoms with Gasteiger partial charge in [-0.2, -0.15) is 36.4 Å². The minimum Gasteiger partial charge on any atom is -0.475 e. The molecule has 36 heavy (non-hydrogen) atoms. The molecule has 0 spiro atoms. The molecule has 1 aliphatic heterocycles. The van der Waals surface area contributed by atoms with Crippen molar-refractivity contribution in [2.45, 2.75) is 31.2 Å². The van der Waals surface area contributed by atoms with Crippen LogP contribution in [0.25, 0.3) is 11.4 Å². The Morgan fingerprint density at radius 2 is 1.64 bits per heavy atom. The average molecular weight is 537 g/mol. The number of nitrogens with two attached hydrogens (primary N) is 1. The fourth-order valence-corrected chi connectivity index (χ4v) is 2.54. The van der Waals surface area contributed by atoms with E-state index >= 15 is 0 Å². The largest absolute Gasteiger partial charge is 0.490 e. The first kappa shape index (κ1) is 30.3. The summed E-state index contributed by atoms with van der Waals surface area (Å²) < 4.78 is 88.7. The Bertz CT molecular complexity index is 1010. The number of anilines is 2. The van der Waals surface area contributed by atoms with E-state index in [2.05, 4.69) is 30.4 Å². The van der Waals surface area contributed by atoms with E-state index in [0.29, 0.717) is 23.2 Å². The molecule has 0 saturated carbocycles. The van der Waals surface area contributed by atoms with Gasteiger partial charge in [-0.05, 0) is 19.5 Å². The molecule has 0 radical (unpaired) electrons. The maximum absolute atomic E-state index is 12.6. The van der Waals surface area contributed by atoms with Gasteiger partial charge in [0.15, 0.2) is 0 Å². The fourth-order valence-electron chi connectivity index (χ4n) is 2.54. The normalized spacial score (nSPS) is 15.6. The molecule has 0 amide bonds. The predicted molar refractivity (Wildman–Crippen MR) is 106 cm³/mol. The summed E-state index contributed by atoms with van der Waals surface area (Å²) in [6.07, 6.45) is -11.8. The molecule has 6 N–H and O–H groups in total. The second kappa shape index (κ2) is 12.3. The van der Waals surface area contributed by atoms with Crippen molar-refractivity contribution >= 4 is 23.7 Å². The van der Waals surface area contributed by atoms with Crippen LogP contribution in [-0.4, -0.2) is 80.8 Å². The second-order valence-electron chi connectivity index (χ2n) is 6.80. The van der Waals surface area contributed by atoms with E-state index in [-0.39, 0.29) is 11.6 Å². The number of nitrogen functional groups attached to an aromatic ring is 1. The van der Waals surface area contributed by atoms with Crippen LogP contribution in [0.1, 0.15) is 18.5 Å². The van der Waals surface area contributed by atoms with Crippen molar-refractivity contribution in [3.63, 3.8) is 0 Å². The summed E-state index contributed by atoms with van der Waals surface area (Å²) in [5.74, 6) is -4.72. The number of nitrogens with zero attached hydrogens (tertiary/aromatic N) is 4. The van der Waals surface area contributed by atoms with Gasteiger partial charge in [-0.1, -0.05) is 0 Å². The standard InChI is InChI=1S/C13H17F2N7.2C2HF3O2/c1-17-7-2-3-22(6-7)11-5-8(18-13(16)19-11)9-4-10(12(14)15)21-20-9;2*3-2(4,5)1(6)7/h4-5,7,12,17H,2-3,6H2,1H3,(H,20,21)(H2,16,18,19);2*(H,6,7)/t7-;;/m1../s1. The van der Waals surface area contributed by atoms with Gasteiger partial charge < -0.3 is 26.2 Å². The number of H-pyrrole nitrogens is 1. The number of likely N-dealkylation sites (N-methyl/N-ethyl adjacent to an activating group) is 1. The van der Waals surface area contributed by atoms with Crippen LogP contribution in [-0.2, 0) is 9.59 Å². The molecule has 0 aliphatic carbocycles. The Hall–Kier alpha value is -3.77. The zero-order valence-corrected chi connectivity index (χ0v) is 18.0. The third kappa shape index (κ3) is 9.47. The lowest BCUT2D eigenvalue weighted by Gasteiger charge is -2.18. The van der Waals surface area contributed by atoms with Gasteiger partial charge in [0.1, 0.15) is 11.5 Å². The smallest absolute Gasteiger partial charge is 0.475 e. The van der Waals surface area contributed by atoms with Gasteiger partial charge in [-0.3, -0.25) is 5.10 Å². The summed E-state index contributed by atoms with van der Waals surface area (Å²) in [4.78, 5) is 28.2. The van der Waals surface area contributed by atoms with Crippen LogP contribution in [0.15, 0.2) is 12.1 Å². The van der Waals surface area contributed by atoms with Crippen molar-refractivity contribution in [1.82, 2.24) is 25.5 Å². The number of aromatic amines is 1. The van der Waals surface area contributed by atoms with Gasteiger partial charge in [-0.25, -0.2) is 23.4 Å². The number of carbonyl (C=O) groups is 2. The molecule has 2 aromatic rings. The van der Waals surface area contributed by atoms with E-state index in [9.17, 15) is 35.1 Å². The number of alkyl halides is 8. The van der Waals surface area contributed by atoms with Crippen molar-refractivity contribution < 1.29 is 54.9 Å². The highest BCUT2D eigenvalue weighted by Gasteiger charge is 2.38. The number of carboxylic acids is 2. The maximum Gasteiger partial charge on any atom is 0.490 e. The van der Waals surface area contributed by atoms with Crippen molar-refractivity contribution in [1.29, 1.82) is 0 Å². The van der Waals surface area contributed by atoms with Crippen LogP contribution in [0.2, 0.25) is 0 Å². The molecule has 1 saturated heterocycles. The van der Waals surface area contributed by atoms with Gasteiger partial charge in [0, 0.05) is 25.2 Å². The summed E-state index contributed by atoms with van der Waals surface area (Å²) in [7, 11) is 1.92. The second-order valence-corrected chi connectivity index (χ2v) is 6.80. The molecule has 19 heteroatoms. The fraction of sp³-hybridized carbons (Fsp3) is 0.471. The maximum atomic E-state index is 12.6. The number of halogens is 8. The molecule has 0 bridgehead atoms. The molecule has 3 rings (SSSR count). The van der Waals surface area contributed by atoms with Crippen LogP contribution in [0.4, 0.5) is 46.9 Å². The number of aromatic nitrogens is 4. The van der Waals surface area contributed by atoms with E-state index in [0.717, 1.165) is 19.5 Å². The highest BCUT2D eigenvalue weighted by Crippen LogP contribution is 2.26. The molecule has 202 valence electrons. The molecule has 1 fully saturated rings. The van der Waals surface area contributed by atoms with Crippen molar-refractivity contribution in [2.75, 3.05) is 30.8 Å². The molecule has 0 unspecified atom stereocenters. The topological polar surface area (TPSA) is 170 Å². The lowest BCUT2D eigenvalue weighted by molar-refractivity contribution is -0.193. The van der Waals surface area contributed by atoms with Gasteiger partial charge in [0.25, 0.3) is 6.43 Å². The Morgan fingerprint density at radius 3 is 2.03 bits per heavy atom. The zero-order valence-electron chi connectivity index (χ0n) is 18.0. The first-order valence-corrected chi connectivity index (χ1v) is 9.46. The highest BCUT2D eigenvalue weighted by molar-refractivity contribution is 5.73. The first-order chi connectivity index (χ1) is 16.4. The Kier molecular flexibility index (Phi) is 10.3. The molecular formula is C17H19F8N7O4.